The van der Waals surface area contributed by atoms with Gasteiger partial charge in [-0.15, -0.1) is 0 Å². The standard InChI is InChI=1S/C33H42FN3O/c1-5-7-10-22(6-2)33(38)37-26-19-15-24(32(36(3)4)23-13-17-25(34)18-14-23)16-20-30(37)31-28(21-26)27-11-8-9-12-29(27)35-31/h8-9,11-14,17-18,22,24,26,32H,5-7,10,15-16,19-21H2,1-4H3. The van der Waals surface area contributed by atoms with E-state index in [1.54, 1.807) is 12.1 Å². The number of unbranched alkanes of at least 4 members (excludes halogenated alkanes) is 1. The first kappa shape index (κ1) is 26.8. The first-order chi connectivity index (χ1) is 18.4. The van der Waals surface area contributed by atoms with Gasteiger partial charge in [0.25, 0.3) is 0 Å². The van der Waals surface area contributed by atoms with E-state index in [4.69, 9.17) is 4.99 Å². The molecule has 0 aliphatic carbocycles. The zero-order valence-corrected chi connectivity index (χ0v) is 23.4. The number of halogens is 1. The third-order valence-electron chi connectivity index (χ3n) is 8.94. The van der Waals surface area contributed by atoms with E-state index in [1.165, 1.54) is 10.8 Å². The van der Waals surface area contributed by atoms with E-state index >= 15 is 0 Å². The van der Waals surface area contributed by atoms with E-state index in [1.807, 2.05) is 12.1 Å². The van der Waals surface area contributed by atoms with Crippen molar-refractivity contribution in [3.8, 4) is 0 Å². The van der Waals surface area contributed by atoms with Crippen LogP contribution in [0.4, 0.5) is 4.39 Å². The van der Waals surface area contributed by atoms with Gasteiger partial charge in [-0.2, -0.15) is 0 Å². The summed E-state index contributed by atoms with van der Waals surface area (Å²) in [6, 6.07) is 15.8. The third kappa shape index (κ3) is 5.10. The van der Waals surface area contributed by atoms with Crippen LogP contribution in [0.25, 0.3) is 5.57 Å². The number of nitrogens with zero attached hydrogens (tertiary/aromatic N) is 3. The summed E-state index contributed by atoms with van der Waals surface area (Å²) in [5, 5.41) is 2.28. The van der Waals surface area contributed by atoms with Gasteiger partial charge in [-0.3, -0.25) is 4.79 Å². The summed E-state index contributed by atoms with van der Waals surface area (Å²) in [7, 11) is 4.25. The summed E-state index contributed by atoms with van der Waals surface area (Å²) in [5.74, 6) is 0.596. The first-order valence-corrected chi connectivity index (χ1v) is 14.6. The Morgan fingerprint density at radius 3 is 2.55 bits per heavy atom. The summed E-state index contributed by atoms with van der Waals surface area (Å²) in [6.45, 7) is 4.36. The smallest absolute Gasteiger partial charge is 0.230 e. The average Bonchev–Trinajstić information content (AvgIpc) is 3.28. The van der Waals surface area contributed by atoms with Crippen molar-refractivity contribution >= 4 is 11.5 Å². The molecular formula is C33H42FN3O. The molecule has 0 saturated carbocycles. The highest BCUT2D eigenvalue weighted by atomic mass is 19.1. The van der Waals surface area contributed by atoms with Crippen LogP contribution in [0.1, 0.15) is 83.2 Å². The number of carbonyl (C=O) groups is 1. The number of fused-ring (bicyclic) bond motifs is 4. The summed E-state index contributed by atoms with van der Waals surface area (Å²) < 4.78 is 13.7. The Bertz CT molecular complexity index is 1310. The molecule has 4 atom stereocenters. The lowest BCUT2D eigenvalue weighted by molar-refractivity contribution is -0.136. The van der Waals surface area contributed by atoms with Gasteiger partial charge in [-0.25, -0.2) is 9.38 Å². The highest BCUT2D eigenvalue weighted by Crippen LogP contribution is 2.44. The van der Waals surface area contributed by atoms with E-state index in [0.717, 1.165) is 80.1 Å². The van der Waals surface area contributed by atoms with Gasteiger partial charge < -0.3 is 9.80 Å². The second-order valence-electron chi connectivity index (χ2n) is 11.6. The highest BCUT2D eigenvalue weighted by molar-refractivity contribution is 5.84. The maximum atomic E-state index is 14.1. The van der Waals surface area contributed by atoms with Gasteiger partial charge in [-0.05, 0) is 94.3 Å². The number of benzene rings is 2. The molecule has 2 bridgehead atoms. The molecule has 2 aromatic rings. The Hall–Kier alpha value is -2.79. The molecule has 38 heavy (non-hydrogen) atoms. The van der Waals surface area contributed by atoms with Gasteiger partial charge in [0, 0.05) is 28.9 Å². The quantitative estimate of drug-likeness (QED) is 0.424. The summed E-state index contributed by atoms with van der Waals surface area (Å²) in [5.41, 5.74) is 4.67. The van der Waals surface area contributed by atoms with Crippen LogP contribution in [-0.4, -0.2) is 35.8 Å². The average molecular weight is 516 g/mol. The van der Waals surface area contributed by atoms with Crippen LogP contribution < -0.4 is 10.6 Å². The van der Waals surface area contributed by atoms with Gasteiger partial charge in [0.05, 0.1) is 11.1 Å². The Morgan fingerprint density at radius 2 is 1.84 bits per heavy atom. The minimum atomic E-state index is -0.196. The molecule has 4 unspecified atom stereocenters. The van der Waals surface area contributed by atoms with Gasteiger partial charge in [0.15, 0.2) is 0 Å². The van der Waals surface area contributed by atoms with Crippen molar-refractivity contribution in [1.82, 2.24) is 9.80 Å². The zero-order chi connectivity index (χ0) is 26.8. The largest absolute Gasteiger partial charge is 0.310 e. The minimum Gasteiger partial charge on any atom is -0.310 e. The van der Waals surface area contributed by atoms with E-state index in [9.17, 15) is 9.18 Å². The molecule has 3 heterocycles. The molecule has 2 aromatic carbocycles. The molecule has 3 aliphatic heterocycles. The Balaban J connectivity index is 1.54. The SMILES string of the molecule is CCCCC(CC)C(=O)N1C2=C3N=c4ccccc4=C3CC1CCC(C(c1ccc(F)cc1)N(C)C)CC2. The molecule has 1 amide bonds. The predicted molar refractivity (Wildman–Crippen MR) is 151 cm³/mol. The molecule has 1 saturated heterocycles. The molecule has 0 radical (unpaired) electrons. The van der Waals surface area contributed by atoms with Crippen LogP contribution >= 0.6 is 0 Å². The van der Waals surface area contributed by atoms with Gasteiger partial charge >= 0.3 is 0 Å². The van der Waals surface area contributed by atoms with Crippen molar-refractivity contribution in [3.63, 3.8) is 0 Å². The molecule has 5 heteroatoms. The van der Waals surface area contributed by atoms with E-state index in [0.29, 0.717) is 11.8 Å². The molecule has 4 nitrogen and oxygen atoms in total. The van der Waals surface area contributed by atoms with Crippen molar-refractivity contribution in [2.45, 2.75) is 83.7 Å². The van der Waals surface area contributed by atoms with Crippen LogP contribution in [0.2, 0.25) is 0 Å². The monoisotopic (exact) mass is 515 g/mol. The van der Waals surface area contributed by atoms with Crippen LogP contribution in [-0.2, 0) is 4.79 Å². The Kier molecular flexibility index (Phi) is 8.13. The van der Waals surface area contributed by atoms with E-state index in [2.05, 4.69) is 62.0 Å². The number of hydrogen-bond donors (Lipinski definition) is 0. The van der Waals surface area contributed by atoms with Gasteiger partial charge in [-0.1, -0.05) is 57.0 Å². The lowest BCUT2D eigenvalue weighted by atomic mass is 9.78. The van der Waals surface area contributed by atoms with Crippen LogP contribution in [0.15, 0.2) is 64.9 Å². The molecule has 0 spiro atoms. The van der Waals surface area contributed by atoms with Crippen molar-refractivity contribution < 1.29 is 9.18 Å². The van der Waals surface area contributed by atoms with E-state index < -0.39 is 0 Å². The number of rotatable bonds is 8. The molecule has 0 aromatic heterocycles. The summed E-state index contributed by atoms with van der Waals surface area (Å²) in [4.78, 5) is 23.7. The maximum Gasteiger partial charge on any atom is 0.230 e. The van der Waals surface area contributed by atoms with Crippen molar-refractivity contribution in [2.75, 3.05) is 14.1 Å². The molecular weight excluding hydrogens is 473 g/mol. The van der Waals surface area contributed by atoms with Crippen molar-refractivity contribution in [1.29, 1.82) is 0 Å². The minimum absolute atomic E-state index is 0.0716. The molecule has 1 fully saturated rings. The second-order valence-corrected chi connectivity index (χ2v) is 11.6. The first-order valence-electron chi connectivity index (χ1n) is 14.6. The van der Waals surface area contributed by atoms with Gasteiger partial charge in [0.2, 0.25) is 5.91 Å². The lowest BCUT2D eigenvalue weighted by Gasteiger charge is -2.44. The number of allylic oxidation sites excluding steroid dienone is 2. The molecule has 0 N–H and O–H groups in total. The number of para-hydroxylation sites is 1. The summed E-state index contributed by atoms with van der Waals surface area (Å²) in [6.07, 6.45) is 8.72. The fourth-order valence-corrected chi connectivity index (χ4v) is 7.02. The number of amides is 1. The Morgan fingerprint density at radius 1 is 1.08 bits per heavy atom. The van der Waals surface area contributed by atoms with Crippen LogP contribution in [0.3, 0.4) is 0 Å². The molecule has 5 rings (SSSR count). The highest BCUT2D eigenvalue weighted by Gasteiger charge is 2.41. The second kappa shape index (κ2) is 11.5. The van der Waals surface area contributed by atoms with Crippen LogP contribution in [0, 0.1) is 17.7 Å². The fraction of sp³-hybridized carbons (Fsp3) is 0.515. The van der Waals surface area contributed by atoms with Crippen molar-refractivity contribution in [3.05, 3.63) is 81.9 Å². The molecule has 3 aliphatic rings. The zero-order valence-electron chi connectivity index (χ0n) is 23.4. The lowest BCUT2D eigenvalue weighted by Crippen LogP contribution is -2.47. The Labute approximate surface area is 226 Å². The van der Waals surface area contributed by atoms with Crippen molar-refractivity contribution in [2.24, 2.45) is 16.8 Å². The van der Waals surface area contributed by atoms with E-state index in [-0.39, 0.29) is 23.8 Å². The maximum absolute atomic E-state index is 14.1. The van der Waals surface area contributed by atoms with Crippen LogP contribution in [0.5, 0.6) is 0 Å². The normalized spacial score (nSPS) is 22.4. The summed E-state index contributed by atoms with van der Waals surface area (Å²) >= 11 is 0. The van der Waals surface area contributed by atoms with Gasteiger partial charge in [0.1, 0.15) is 5.82 Å². The topological polar surface area (TPSA) is 35.9 Å². The predicted octanol–water partition coefficient (Wildman–Crippen LogP) is 6.13. The number of carbonyl (C=O) groups excluding carboxylic acids is 1. The third-order valence-corrected chi connectivity index (χ3v) is 8.94. The fourth-order valence-electron chi connectivity index (χ4n) is 7.02. The number of hydrogen-bond acceptors (Lipinski definition) is 3. The molecule has 202 valence electrons.